The number of hydrogen-bond acceptors (Lipinski definition) is 17. The van der Waals surface area contributed by atoms with Crippen molar-refractivity contribution in [1.29, 1.82) is 0 Å². The third-order valence-electron chi connectivity index (χ3n) is 13.7. The molecular formula is C53H78LuN14O16S. The summed E-state index contributed by atoms with van der Waals surface area (Å²) in [7, 11) is 0. The van der Waals surface area contributed by atoms with Crippen LogP contribution in [-0.4, -0.2) is 243 Å². The molecule has 2 heterocycles. The number of benzene rings is 2. The standard InChI is InChI=1S/C53H78N14O16S.Lu/c54-52(55)56-18-4-8-38-48(80)58-27-42(69)60-41(26-43(70)71)51(83)63-40(25-34-11-15-37(68)16-12-34)50(82)62-39(49(81)61-38)7-1-2-17-57-53(84)59-35-13-9-33(10-14-35)5-3-6-36(67(31-46(76)77)32-47(78)79)28-64-19-21-65(29-44(72)73)23-24-66(22-20-64)30-45(74)75;/h9-16,36,38-41,68H,1-8,17-32H2,(H,58,80)(H,60,69)(H,61,81)(H,62,82)(H,63,83)(H,70,71)(H,72,73)(H,74,75)(H,76,77)(H,78,79)(H4,54,55,56)(H2,57,59,84);/t36?,38-,39-,40+,41-;/m0./s1/i;1+2. The zero-order valence-corrected chi connectivity index (χ0v) is 49.3. The molecule has 32 heteroatoms. The van der Waals surface area contributed by atoms with Crippen LogP contribution in [0.15, 0.2) is 53.5 Å². The van der Waals surface area contributed by atoms with Gasteiger partial charge in [-0.3, -0.25) is 72.5 Å². The zero-order valence-electron chi connectivity index (χ0n) is 46.8. The van der Waals surface area contributed by atoms with E-state index < -0.39 is 116 Å². The molecule has 2 fully saturated rings. The van der Waals surface area contributed by atoms with E-state index in [2.05, 4.69) is 42.2 Å². The molecule has 0 spiro atoms. The molecule has 85 heavy (non-hydrogen) atoms. The first-order chi connectivity index (χ1) is 39.9. The Morgan fingerprint density at radius 2 is 1.15 bits per heavy atom. The molecule has 0 aromatic heterocycles. The molecule has 5 atom stereocenters. The number of nitrogens with zero attached hydrogens (tertiary/aromatic N) is 5. The number of carboxylic acid groups (broad SMARTS) is 5. The van der Waals surface area contributed by atoms with Crippen molar-refractivity contribution in [3.8, 4) is 5.75 Å². The number of guanidine groups is 1. The summed E-state index contributed by atoms with van der Waals surface area (Å²) >= 11 is 5.56. The predicted octanol–water partition coefficient (Wildman–Crippen LogP) is -3.06. The van der Waals surface area contributed by atoms with Crippen LogP contribution in [0, 0.1) is 36.9 Å². The quantitative estimate of drug-likeness (QED) is 0.0166. The summed E-state index contributed by atoms with van der Waals surface area (Å²) in [4.78, 5) is 138. The van der Waals surface area contributed by atoms with E-state index in [1.54, 1.807) is 21.9 Å². The van der Waals surface area contributed by atoms with Crippen LogP contribution in [0.4, 0.5) is 5.69 Å². The molecule has 1 radical (unpaired) electrons. The van der Waals surface area contributed by atoms with E-state index in [0.29, 0.717) is 89.2 Å². The van der Waals surface area contributed by atoms with Gasteiger partial charge >= 0.3 is 29.8 Å². The molecule has 2 aromatic carbocycles. The number of nitrogens with one attached hydrogen (secondary N) is 7. The van der Waals surface area contributed by atoms with Crippen molar-refractivity contribution in [3.05, 3.63) is 59.7 Å². The third kappa shape index (κ3) is 29.1. The molecule has 2 aliphatic rings. The molecule has 0 saturated carbocycles. The van der Waals surface area contributed by atoms with Gasteiger partial charge in [0.05, 0.1) is 39.1 Å². The number of aliphatic imine (C=N–C) groups is 1. The fraction of sp³-hybridized carbons (Fsp3) is 0.547. The molecule has 1 unspecified atom stereocenters. The van der Waals surface area contributed by atoms with Gasteiger partial charge in [0.25, 0.3) is 0 Å². The number of phenolic OH excluding ortho intramolecular Hbond substituents is 1. The van der Waals surface area contributed by atoms with E-state index in [9.17, 15) is 78.6 Å². The number of phenols is 1. The van der Waals surface area contributed by atoms with Crippen LogP contribution in [0.2, 0.25) is 0 Å². The molecule has 2 saturated heterocycles. The maximum atomic E-state index is 14.2. The Labute approximate surface area is 525 Å². The number of amides is 5. The van der Waals surface area contributed by atoms with Crippen molar-refractivity contribution in [3.63, 3.8) is 0 Å². The number of anilines is 1. The van der Waals surface area contributed by atoms with E-state index in [-0.39, 0.29) is 106 Å². The van der Waals surface area contributed by atoms with E-state index in [1.807, 2.05) is 17.0 Å². The zero-order chi connectivity index (χ0) is 61.7. The van der Waals surface area contributed by atoms with Crippen LogP contribution in [0.1, 0.15) is 62.5 Å². The first-order valence-corrected chi connectivity index (χ1v) is 27.8. The fourth-order valence-electron chi connectivity index (χ4n) is 9.42. The number of nitrogens with two attached hydrogens (primary N) is 2. The maximum absolute atomic E-state index is 14.2. The van der Waals surface area contributed by atoms with Gasteiger partial charge in [0.1, 0.15) is 29.9 Å². The topological polar surface area (TPSA) is 454 Å². The molecular weight excluding hydrogens is 1300 g/mol. The van der Waals surface area contributed by atoms with Crippen molar-refractivity contribution < 1.29 is 115 Å². The first kappa shape index (κ1) is 72.2. The molecule has 2 aliphatic heterocycles. The Morgan fingerprint density at radius 3 is 1.71 bits per heavy atom. The number of carbonyl (C=O) groups excluding carboxylic acids is 5. The van der Waals surface area contributed by atoms with Gasteiger partial charge in [-0.25, -0.2) is 0 Å². The SMILES string of the molecule is NC(N)=NCCC[C@@H]1NC(=O)[C@H](CCCCNC(=S)Nc2ccc(CCCC(CN3CCN(CC(=O)O)CCN(CC(=O)O)CC3)N(CC(=O)O)CC(=O)O)cc2)NC(=O)[C@@H](Cc2ccc(O)cc2)NC(=O)[C@H](CC(=O)O)NC(=O)CNC1=O.[177Lu]. The summed E-state index contributed by atoms with van der Waals surface area (Å²) in [6.45, 7) is 0.472. The van der Waals surface area contributed by atoms with Crippen molar-refractivity contribution in [2.75, 3.05) is 96.9 Å². The number of carboxylic acids is 5. The first-order valence-electron chi connectivity index (χ1n) is 27.4. The van der Waals surface area contributed by atoms with Gasteiger partial charge in [-0.05, 0) is 99.0 Å². The summed E-state index contributed by atoms with van der Waals surface area (Å²) < 4.78 is 0. The maximum Gasteiger partial charge on any atom is 0.317 e. The summed E-state index contributed by atoms with van der Waals surface area (Å²) in [5, 5.41) is 77.0. The number of aryl methyl sites for hydroxylation is 1. The van der Waals surface area contributed by atoms with E-state index >= 15 is 0 Å². The van der Waals surface area contributed by atoms with Crippen molar-refractivity contribution in [2.45, 2.75) is 94.4 Å². The van der Waals surface area contributed by atoms with Gasteiger partial charge in [0.2, 0.25) is 29.5 Å². The number of hydrogen-bond donors (Lipinski definition) is 15. The molecule has 17 N–H and O–H groups in total. The van der Waals surface area contributed by atoms with Gasteiger partial charge in [0.15, 0.2) is 11.1 Å². The van der Waals surface area contributed by atoms with Gasteiger partial charge in [-0.15, -0.1) is 0 Å². The van der Waals surface area contributed by atoms with Crippen LogP contribution >= 0.6 is 12.2 Å². The molecule has 5 amide bonds. The smallest absolute Gasteiger partial charge is 0.317 e. The monoisotopic (exact) mass is 1380 g/mol. The molecule has 30 nitrogen and oxygen atoms in total. The Kier molecular flexibility index (Phi) is 32.4. The van der Waals surface area contributed by atoms with E-state index in [4.69, 9.17) is 23.7 Å². The number of aromatic hydroxyl groups is 1. The number of aliphatic carboxylic acids is 5. The van der Waals surface area contributed by atoms with Crippen molar-refractivity contribution in [1.82, 2.24) is 51.5 Å². The third-order valence-corrected chi connectivity index (χ3v) is 13.9. The average Bonchev–Trinajstić information content (AvgIpc) is 3.69. The molecule has 477 valence electrons. The van der Waals surface area contributed by atoms with Crippen LogP contribution in [0.25, 0.3) is 0 Å². The van der Waals surface area contributed by atoms with Gasteiger partial charge in [0, 0.05) is 114 Å². The Hall–Kier alpha value is -7.03. The molecule has 2 aromatic rings. The van der Waals surface area contributed by atoms with Crippen LogP contribution < -0.4 is 48.7 Å². The Balaban J connectivity index is 0.0000189. The van der Waals surface area contributed by atoms with Gasteiger partial charge in [-0.2, -0.15) is 0 Å². The van der Waals surface area contributed by atoms with E-state index in [1.165, 1.54) is 29.2 Å². The largest absolute Gasteiger partial charge is 0.508 e. The number of carbonyl (C=O) groups is 10. The second kappa shape index (κ2) is 38.1. The minimum Gasteiger partial charge on any atom is -0.508 e. The van der Waals surface area contributed by atoms with Gasteiger partial charge < -0.3 is 79.3 Å². The average molecular weight is 1380 g/mol. The molecule has 0 aliphatic carbocycles. The molecule has 4 rings (SSSR count). The summed E-state index contributed by atoms with van der Waals surface area (Å²) in [5.41, 5.74) is 12.9. The molecule has 0 bridgehead atoms. The predicted molar refractivity (Wildman–Crippen MR) is 307 cm³/mol. The number of thiocarbonyl (C=S) groups is 1. The second-order valence-corrected chi connectivity index (χ2v) is 20.8. The summed E-state index contributed by atoms with van der Waals surface area (Å²) in [6, 6.07) is 6.87. The Bertz CT molecular complexity index is 2580. The fourth-order valence-corrected chi connectivity index (χ4v) is 9.64. The number of unbranched alkanes of at least 4 members (excludes halogenated alkanes) is 1. The normalized spacial score (nSPS) is 19.2. The second-order valence-electron chi connectivity index (χ2n) is 20.4. The van der Waals surface area contributed by atoms with E-state index in [0.717, 1.165) is 5.56 Å². The van der Waals surface area contributed by atoms with Gasteiger partial charge in [-0.1, -0.05) is 24.3 Å². The van der Waals surface area contributed by atoms with Crippen molar-refractivity contribution in [2.24, 2.45) is 16.5 Å². The van der Waals surface area contributed by atoms with Crippen LogP contribution in [-0.2, 0) is 60.8 Å². The van der Waals surface area contributed by atoms with Crippen LogP contribution in [0.3, 0.4) is 0 Å². The minimum atomic E-state index is -1.68. The van der Waals surface area contributed by atoms with Crippen LogP contribution in [0.5, 0.6) is 5.75 Å². The Morgan fingerprint density at radius 1 is 0.635 bits per heavy atom. The summed E-state index contributed by atoms with van der Waals surface area (Å²) in [6.07, 6.45) is 1.33. The number of rotatable bonds is 29. The minimum absolute atomic E-state index is 0. The van der Waals surface area contributed by atoms with Crippen molar-refractivity contribution >= 4 is 88.4 Å². The summed E-state index contributed by atoms with van der Waals surface area (Å²) in [5.74, 6) is -10.6.